The summed E-state index contributed by atoms with van der Waals surface area (Å²) in [6.45, 7) is 2.64. The first-order valence-corrected chi connectivity index (χ1v) is 10.2. The summed E-state index contributed by atoms with van der Waals surface area (Å²) >= 11 is 1.03. The number of nitrogens with zero attached hydrogens (tertiary/aromatic N) is 2. The summed E-state index contributed by atoms with van der Waals surface area (Å²) < 4.78 is 0. The molecule has 27 heavy (non-hydrogen) atoms. The fourth-order valence-corrected chi connectivity index (χ4v) is 4.35. The minimum Gasteiger partial charge on any atom is -0.372 e. The molecule has 2 aliphatic heterocycles. The number of thioether (sulfide) groups is 1. The van der Waals surface area contributed by atoms with Gasteiger partial charge >= 0.3 is 0 Å². The first-order chi connectivity index (χ1) is 13.2. The molecule has 4 rings (SSSR count). The third-order valence-electron chi connectivity index (χ3n) is 5.00. The number of imide groups is 1. The van der Waals surface area contributed by atoms with Crippen molar-refractivity contribution in [1.82, 2.24) is 4.90 Å². The Bertz CT molecular complexity index is 856. The number of anilines is 1. The van der Waals surface area contributed by atoms with E-state index in [9.17, 15) is 9.59 Å². The summed E-state index contributed by atoms with van der Waals surface area (Å²) in [5.41, 5.74) is 3.30. The molecular formula is C22H22N2O2S. The lowest BCUT2D eigenvalue weighted by Crippen LogP contribution is -2.30. The highest BCUT2D eigenvalue weighted by atomic mass is 32.2. The van der Waals surface area contributed by atoms with Crippen molar-refractivity contribution in [2.24, 2.45) is 0 Å². The highest BCUT2D eigenvalue weighted by Gasteiger charge is 2.34. The molecule has 0 saturated carbocycles. The van der Waals surface area contributed by atoms with E-state index in [-0.39, 0.29) is 11.1 Å². The molecule has 2 aromatic carbocycles. The van der Waals surface area contributed by atoms with Gasteiger partial charge in [0.25, 0.3) is 11.1 Å². The molecule has 4 nitrogen and oxygen atoms in total. The van der Waals surface area contributed by atoms with Crippen LogP contribution in [-0.4, -0.2) is 35.7 Å². The van der Waals surface area contributed by atoms with E-state index in [1.807, 2.05) is 48.5 Å². The molecule has 2 fully saturated rings. The summed E-state index contributed by atoms with van der Waals surface area (Å²) in [4.78, 5) is 29.1. The first-order valence-electron chi connectivity index (χ1n) is 9.35. The second-order valence-electron chi connectivity index (χ2n) is 6.85. The number of rotatable bonds is 5. The van der Waals surface area contributed by atoms with Gasteiger partial charge in [0, 0.05) is 25.3 Å². The van der Waals surface area contributed by atoms with Crippen LogP contribution in [0.15, 0.2) is 59.5 Å². The Hall–Kier alpha value is -2.53. The van der Waals surface area contributed by atoms with Gasteiger partial charge < -0.3 is 4.90 Å². The van der Waals surface area contributed by atoms with Crippen molar-refractivity contribution in [3.8, 4) is 0 Å². The fourth-order valence-electron chi connectivity index (χ4n) is 3.49. The number of hydrogen-bond donors (Lipinski definition) is 0. The lowest BCUT2D eigenvalue weighted by atomic mass is 10.1. The predicted octanol–water partition coefficient (Wildman–Crippen LogP) is 4.57. The summed E-state index contributed by atoms with van der Waals surface area (Å²) in [7, 11) is 0. The molecule has 2 amide bonds. The first kappa shape index (κ1) is 17.9. The lowest BCUT2D eigenvalue weighted by Gasteiger charge is -2.17. The zero-order chi connectivity index (χ0) is 18.6. The number of carbonyl (C=O) groups is 2. The Balaban J connectivity index is 1.43. The number of amides is 2. The van der Waals surface area contributed by atoms with E-state index in [0.29, 0.717) is 17.9 Å². The average molecular weight is 378 g/mol. The van der Waals surface area contributed by atoms with Gasteiger partial charge in [-0.25, -0.2) is 0 Å². The molecule has 2 heterocycles. The second-order valence-corrected chi connectivity index (χ2v) is 7.85. The van der Waals surface area contributed by atoms with Gasteiger partial charge in [0.1, 0.15) is 0 Å². The van der Waals surface area contributed by atoms with Crippen molar-refractivity contribution >= 4 is 34.7 Å². The van der Waals surface area contributed by atoms with Crippen molar-refractivity contribution in [3.63, 3.8) is 0 Å². The van der Waals surface area contributed by atoms with E-state index in [1.54, 1.807) is 0 Å². The zero-order valence-electron chi connectivity index (χ0n) is 15.1. The third kappa shape index (κ3) is 4.08. The normalized spacial score (nSPS) is 18.7. The minimum absolute atomic E-state index is 0.184. The molecule has 0 atom stereocenters. The monoisotopic (exact) mass is 378 g/mol. The van der Waals surface area contributed by atoms with Gasteiger partial charge in [-0.05, 0) is 60.4 Å². The fraction of sp³-hybridized carbons (Fsp3) is 0.273. The van der Waals surface area contributed by atoms with Crippen LogP contribution in [0.5, 0.6) is 0 Å². The SMILES string of the molecule is O=C1S/C(=C/c2ccc(N3CCCC3)cc2)C(=O)N1CCc1ccccc1. The smallest absolute Gasteiger partial charge is 0.293 e. The molecule has 2 aromatic rings. The Kier molecular flexibility index (Phi) is 5.30. The van der Waals surface area contributed by atoms with Crippen molar-refractivity contribution in [2.75, 3.05) is 24.5 Å². The maximum absolute atomic E-state index is 12.6. The molecule has 0 bridgehead atoms. The molecule has 0 radical (unpaired) electrons. The molecular weight excluding hydrogens is 356 g/mol. The third-order valence-corrected chi connectivity index (χ3v) is 5.91. The molecule has 138 valence electrons. The highest BCUT2D eigenvalue weighted by molar-refractivity contribution is 8.18. The van der Waals surface area contributed by atoms with Gasteiger partial charge in [0.15, 0.2) is 0 Å². The summed E-state index contributed by atoms with van der Waals surface area (Å²) in [6, 6.07) is 18.1. The highest BCUT2D eigenvalue weighted by Crippen LogP contribution is 2.32. The quantitative estimate of drug-likeness (QED) is 0.715. The molecule has 0 N–H and O–H groups in total. The molecule has 2 aliphatic rings. The van der Waals surface area contributed by atoms with E-state index in [0.717, 1.165) is 36.0 Å². The Morgan fingerprint density at radius 3 is 2.33 bits per heavy atom. The zero-order valence-corrected chi connectivity index (χ0v) is 16.0. The lowest BCUT2D eigenvalue weighted by molar-refractivity contribution is -0.122. The molecule has 0 aliphatic carbocycles. The Morgan fingerprint density at radius 2 is 1.63 bits per heavy atom. The standard InChI is InChI=1S/C22H22N2O2S/c25-21-20(16-18-8-10-19(11-9-18)23-13-4-5-14-23)27-22(26)24(21)15-12-17-6-2-1-3-7-17/h1-3,6-11,16H,4-5,12-15H2/b20-16+. The van der Waals surface area contributed by atoms with Crippen LogP contribution in [-0.2, 0) is 11.2 Å². The van der Waals surface area contributed by atoms with Gasteiger partial charge in [0.2, 0.25) is 0 Å². The number of benzene rings is 2. The second kappa shape index (κ2) is 8.01. The molecule has 5 heteroatoms. The van der Waals surface area contributed by atoms with E-state index in [4.69, 9.17) is 0 Å². The minimum atomic E-state index is -0.190. The summed E-state index contributed by atoms with van der Waals surface area (Å²) in [5, 5.41) is -0.184. The van der Waals surface area contributed by atoms with E-state index in [2.05, 4.69) is 17.0 Å². The van der Waals surface area contributed by atoms with Crippen LogP contribution in [0.2, 0.25) is 0 Å². The van der Waals surface area contributed by atoms with Crippen molar-refractivity contribution in [1.29, 1.82) is 0 Å². The van der Waals surface area contributed by atoms with Gasteiger partial charge in [-0.2, -0.15) is 0 Å². The number of carbonyl (C=O) groups excluding carboxylic acids is 2. The van der Waals surface area contributed by atoms with Crippen LogP contribution >= 0.6 is 11.8 Å². The van der Waals surface area contributed by atoms with Crippen molar-refractivity contribution in [2.45, 2.75) is 19.3 Å². The van der Waals surface area contributed by atoms with Crippen LogP contribution in [0.4, 0.5) is 10.5 Å². The van der Waals surface area contributed by atoms with E-state index in [1.165, 1.54) is 23.4 Å². The van der Waals surface area contributed by atoms with Crippen LogP contribution < -0.4 is 4.90 Å². The van der Waals surface area contributed by atoms with Gasteiger partial charge in [-0.1, -0.05) is 42.5 Å². The van der Waals surface area contributed by atoms with Gasteiger partial charge in [-0.3, -0.25) is 14.5 Å². The van der Waals surface area contributed by atoms with Crippen LogP contribution in [0, 0.1) is 0 Å². The maximum Gasteiger partial charge on any atom is 0.293 e. The molecule has 0 unspecified atom stereocenters. The van der Waals surface area contributed by atoms with E-state index < -0.39 is 0 Å². The summed E-state index contributed by atoms with van der Waals surface area (Å²) in [5.74, 6) is -0.190. The predicted molar refractivity (Wildman–Crippen MR) is 111 cm³/mol. The van der Waals surface area contributed by atoms with Crippen LogP contribution in [0.1, 0.15) is 24.0 Å². The topological polar surface area (TPSA) is 40.6 Å². The Morgan fingerprint density at radius 1 is 0.926 bits per heavy atom. The van der Waals surface area contributed by atoms with Gasteiger partial charge in [0.05, 0.1) is 4.91 Å². The van der Waals surface area contributed by atoms with Crippen LogP contribution in [0.25, 0.3) is 6.08 Å². The maximum atomic E-state index is 12.6. The van der Waals surface area contributed by atoms with Crippen LogP contribution in [0.3, 0.4) is 0 Å². The summed E-state index contributed by atoms with van der Waals surface area (Å²) in [6.07, 6.45) is 4.99. The largest absolute Gasteiger partial charge is 0.372 e. The Labute approximate surface area is 163 Å². The van der Waals surface area contributed by atoms with Crippen molar-refractivity contribution in [3.05, 3.63) is 70.6 Å². The van der Waals surface area contributed by atoms with Crippen molar-refractivity contribution < 1.29 is 9.59 Å². The number of hydrogen-bond acceptors (Lipinski definition) is 4. The molecule has 0 aromatic heterocycles. The average Bonchev–Trinajstić information content (AvgIpc) is 3.31. The van der Waals surface area contributed by atoms with Gasteiger partial charge in [-0.15, -0.1) is 0 Å². The van der Waals surface area contributed by atoms with E-state index >= 15 is 0 Å². The molecule has 2 saturated heterocycles. The molecule has 0 spiro atoms.